The number of ether oxygens (including phenoxy) is 3. The van der Waals surface area contributed by atoms with Crippen molar-refractivity contribution in [2.24, 2.45) is 0 Å². The molecule has 1 saturated heterocycles. The standard InChI is InChI=1S/C26H26ClN3O7/c1-4-10-33-20-9-8-15(11-18(20)27)23-28-22(30-37-23)16-6-5-7-19-17(16)12-21(36-19)26(29-24(31)32)13-34-25(2,3)35-14-26/h5-9,11-12,29H,4,10,13-14H2,1-3H3,(H,31,32). The number of rotatable bonds is 7. The van der Waals surface area contributed by atoms with Gasteiger partial charge in [0.05, 0.1) is 24.8 Å². The van der Waals surface area contributed by atoms with Crippen molar-refractivity contribution in [2.45, 2.75) is 38.5 Å². The highest BCUT2D eigenvalue weighted by Gasteiger charge is 2.45. The van der Waals surface area contributed by atoms with Gasteiger partial charge in [-0.1, -0.05) is 35.8 Å². The summed E-state index contributed by atoms with van der Waals surface area (Å²) in [5.41, 5.74) is 0.602. The molecule has 194 valence electrons. The van der Waals surface area contributed by atoms with Crippen LogP contribution in [-0.2, 0) is 15.0 Å². The van der Waals surface area contributed by atoms with Gasteiger partial charge in [-0.25, -0.2) is 4.79 Å². The van der Waals surface area contributed by atoms with E-state index in [1.54, 1.807) is 50.2 Å². The molecule has 2 aromatic heterocycles. The molecule has 5 rings (SSSR count). The molecule has 2 aromatic carbocycles. The first-order valence-corrected chi connectivity index (χ1v) is 12.2. The molecule has 0 radical (unpaired) electrons. The predicted molar refractivity (Wildman–Crippen MR) is 135 cm³/mol. The van der Waals surface area contributed by atoms with Gasteiger partial charge in [0.2, 0.25) is 5.82 Å². The highest BCUT2D eigenvalue weighted by atomic mass is 35.5. The summed E-state index contributed by atoms with van der Waals surface area (Å²) >= 11 is 6.36. The summed E-state index contributed by atoms with van der Waals surface area (Å²) in [7, 11) is 0. The number of benzene rings is 2. The van der Waals surface area contributed by atoms with Crippen molar-refractivity contribution < 1.29 is 33.1 Å². The van der Waals surface area contributed by atoms with Crippen LogP contribution >= 0.6 is 11.6 Å². The molecule has 1 amide bonds. The van der Waals surface area contributed by atoms with Crippen LogP contribution in [0.4, 0.5) is 4.79 Å². The van der Waals surface area contributed by atoms with Crippen molar-refractivity contribution in [2.75, 3.05) is 19.8 Å². The Labute approximate surface area is 217 Å². The molecule has 0 aliphatic carbocycles. The Balaban J connectivity index is 1.49. The Hall–Kier alpha value is -3.60. The second-order valence-corrected chi connectivity index (χ2v) is 9.64. The molecule has 0 spiro atoms. The van der Waals surface area contributed by atoms with Crippen molar-refractivity contribution >= 4 is 28.7 Å². The minimum absolute atomic E-state index is 0.0343. The van der Waals surface area contributed by atoms with Crippen LogP contribution in [0.2, 0.25) is 5.02 Å². The fourth-order valence-corrected chi connectivity index (χ4v) is 4.30. The Morgan fingerprint density at radius 1 is 1.19 bits per heavy atom. The lowest BCUT2D eigenvalue weighted by Gasteiger charge is -2.41. The van der Waals surface area contributed by atoms with Gasteiger partial charge < -0.3 is 33.6 Å². The van der Waals surface area contributed by atoms with Crippen molar-refractivity contribution in [3.63, 3.8) is 0 Å². The van der Waals surface area contributed by atoms with Gasteiger partial charge in [-0.05, 0) is 50.6 Å². The largest absolute Gasteiger partial charge is 0.492 e. The molecule has 0 atom stereocenters. The maximum atomic E-state index is 11.6. The maximum absolute atomic E-state index is 11.6. The van der Waals surface area contributed by atoms with Gasteiger partial charge in [-0.2, -0.15) is 4.98 Å². The number of amides is 1. The molecule has 10 nitrogen and oxygen atoms in total. The summed E-state index contributed by atoms with van der Waals surface area (Å²) < 4.78 is 28.8. The predicted octanol–water partition coefficient (Wildman–Crippen LogP) is 5.84. The quantitative estimate of drug-likeness (QED) is 0.304. The minimum Gasteiger partial charge on any atom is -0.492 e. The molecule has 1 fully saturated rings. The fourth-order valence-electron chi connectivity index (χ4n) is 4.06. The number of hydrogen-bond donors (Lipinski definition) is 2. The van der Waals surface area contributed by atoms with Crippen LogP contribution in [-0.4, -0.2) is 46.9 Å². The van der Waals surface area contributed by atoms with Gasteiger partial charge in [0.25, 0.3) is 5.89 Å². The van der Waals surface area contributed by atoms with Crippen LogP contribution in [0.3, 0.4) is 0 Å². The lowest BCUT2D eigenvalue weighted by atomic mass is 9.96. The summed E-state index contributed by atoms with van der Waals surface area (Å²) in [6.45, 7) is 6.19. The topological polar surface area (TPSA) is 129 Å². The Morgan fingerprint density at radius 3 is 2.68 bits per heavy atom. The van der Waals surface area contributed by atoms with Gasteiger partial charge in [0, 0.05) is 16.5 Å². The van der Waals surface area contributed by atoms with Gasteiger partial charge in [0.1, 0.15) is 22.6 Å². The third kappa shape index (κ3) is 5.00. The van der Waals surface area contributed by atoms with Crippen LogP contribution in [0.1, 0.15) is 33.0 Å². The van der Waals surface area contributed by atoms with Gasteiger partial charge in [0.15, 0.2) is 5.79 Å². The smallest absolute Gasteiger partial charge is 0.405 e. The number of halogens is 1. The lowest BCUT2D eigenvalue weighted by Crippen LogP contribution is -2.58. The van der Waals surface area contributed by atoms with Gasteiger partial charge >= 0.3 is 6.09 Å². The van der Waals surface area contributed by atoms with Crippen molar-refractivity contribution in [3.8, 4) is 28.6 Å². The van der Waals surface area contributed by atoms with E-state index < -0.39 is 17.4 Å². The average Bonchev–Trinajstić information content (AvgIpc) is 3.52. The molecule has 4 aromatic rings. The molecule has 0 saturated carbocycles. The number of nitrogens with one attached hydrogen (secondary N) is 1. The normalized spacial score (nSPS) is 16.5. The van der Waals surface area contributed by atoms with E-state index in [9.17, 15) is 9.90 Å². The van der Waals surface area contributed by atoms with Crippen LogP contribution in [0.5, 0.6) is 5.75 Å². The molecule has 0 bridgehead atoms. The summed E-state index contributed by atoms with van der Waals surface area (Å²) in [4.78, 5) is 16.2. The SMILES string of the molecule is CCCOc1ccc(-c2nc(-c3cccc4oc(C5(NC(=O)O)COC(C)(C)OC5)cc34)no2)cc1Cl. The first kappa shape index (κ1) is 25.1. The van der Waals surface area contributed by atoms with Crippen LogP contribution in [0.15, 0.2) is 51.4 Å². The van der Waals surface area contributed by atoms with E-state index in [4.69, 9.17) is 34.8 Å². The number of furan rings is 1. The number of carboxylic acid groups (broad SMARTS) is 1. The molecule has 1 aliphatic rings. The second-order valence-electron chi connectivity index (χ2n) is 9.23. The van der Waals surface area contributed by atoms with Crippen LogP contribution < -0.4 is 10.1 Å². The van der Waals surface area contributed by atoms with E-state index >= 15 is 0 Å². The second kappa shape index (κ2) is 9.70. The molecular weight excluding hydrogens is 502 g/mol. The summed E-state index contributed by atoms with van der Waals surface area (Å²) in [6.07, 6.45) is -0.349. The molecule has 1 aliphatic heterocycles. The third-order valence-electron chi connectivity index (χ3n) is 6.02. The molecule has 0 unspecified atom stereocenters. The summed E-state index contributed by atoms with van der Waals surface area (Å²) in [6, 6.07) is 12.4. The highest BCUT2D eigenvalue weighted by molar-refractivity contribution is 6.32. The van der Waals surface area contributed by atoms with Crippen molar-refractivity contribution in [3.05, 3.63) is 53.2 Å². The van der Waals surface area contributed by atoms with Crippen LogP contribution in [0, 0.1) is 0 Å². The Bertz CT molecular complexity index is 1440. The average molecular weight is 528 g/mol. The molecule has 11 heteroatoms. The van der Waals surface area contributed by atoms with Crippen molar-refractivity contribution in [1.29, 1.82) is 0 Å². The Morgan fingerprint density at radius 2 is 1.97 bits per heavy atom. The Kier molecular flexibility index (Phi) is 6.57. The van der Waals surface area contributed by atoms with E-state index in [1.165, 1.54) is 0 Å². The molecule has 2 N–H and O–H groups in total. The first-order chi connectivity index (χ1) is 17.7. The zero-order valence-electron chi connectivity index (χ0n) is 20.5. The van der Waals surface area contributed by atoms with Gasteiger partial charge in [-0.15, -0.1) is 0 Å². The van der Waals surface area contributed by atoms with Crippen LogP contribution in [0.25, 0.3) is 33.8 Å². The maximum Gasteiger partial charge on any atom is 0.405 e. The van der Waals surface area contributed by atoms with E-state index in [1.807, 2.05) is 13.0 Å². The number of hydrogen-bond acceptors (Lipinski definition) is 8. The van der Waals surface area contributed by atoms with E-state index in [0.29, 0.717) is 57.0 Å². The number of fused-ring (bicyclic) bond motifs is 1. The zero-order valence-corrected chi connectivity index (χ0v) is 21.3. The lowest BCUT2D eigenvalue weighted by molar-refractivity contribution is -0.274. The number of aromatic nitrogens is 2. The number of nitrogens with zero attached hydrogens (tertiary/aromatic N) is 2. The molecule has 3 heterocycles. The summed E-state index contributed by atoms with van der Waals surface area (Å²) in [5, 5.41) is 17.3. The first-order valence-electron chi connectivity index (χ1n) is 11.8. The monoisotopic (exact) mass is 527 g/mol. The third-order valence-corrected chi connectivity index (χ3v) is 6.31. The van der Waals surface area contributed by atoms with Gasteiger partial charge in [-0.3, -0.25) is 0 Å². The summed E-state index contributed by atoms with van der Waals surface area (Å²) in [5.74, 6) is 0.732. The zero-order chi connectivity index (χ0) is 26.2. The molecule has 37 heavy (non-hydrogen) atoms. The minimum atomic E-state index is -1.22. The fraction of sp³-hybridized carbons (Fsp3) is 0.346. The van der Waals surface area contributed by atoms with E-state index in [0.717, 1.165) is 6.42 Å². The number of carbonyl (C=O) groups is 1. The highest BCUT2D eigenvalue weighted by Crippen LogP contribution is 2.38. The van der Waals surface area contributed by atoms with E-state index in [-0.39, 0.29) is 13.2 Å². The van der Waals surface area contributed by atoms with Crippen molar-refractivity contribution in [1.82, 2.24) is 15.5 Å². The molecular formula is C26H26ClN3O7. The van der Waals surface area contributed by atoms with E-state index in [2.05, 4.69) is 15.5 Å².